The summed E-state index contributed by atoms with van der Waals surface area (Å²) in [6.07, 6.45) is 0. The third kappa shape index (κ3) is 1.52. The van der Waals surface area contributed by atoms with Gasteiger partial charge in [-0.1, -0.05) is 30.3 Å². The van der Waals surface area contributed by atoms with Crippen molar-refractivity contribution in [2.24, 2.45) is 0 Å². The summed E-state index contributed by atoms with van der Waals surface area (Å²) in [7, 11) is 0. The van der Waals surface area contributed by atoms with Crippen molar-refractivity contribution in [3.8, 4) is 0 Å². The molecule has 88 valence electrons. The topological polar surface area (TPSA) is 49.9 Å². The molecule has 3 aromatic rings. The minimum atomic E-state index is -0.126. The van der Waals surface area contributed by atoms with E-state index in [1.165, 1.54) is 6.92 Å². The van der Waals surface area contributed by atoms with Gasteiger partial charge in [-0.15, -0.1) is 0 Å². The van der Waals surface area contributed by atoms with E-state index in [-0.39, 0.29) is 11.3 Å². The summed E-state index contributed by atoms with van der Waals surface area (Å²) >= 11 is 0. The minimum Gasteiger partial charge on any atom is -0.321 e. The second-order valence-electron chi connectivity index (χ2n) is 4.32. The van der Waals surface area contributed by atoms with E-state index in [9.17, 15) is 9.59 Å². The number of carbonyl (C=O) groups excluding carboxylic acids is 1. The van der Waals surface area contributed by atoms with Gasteiger partial charge in [-0.25, -0.2) is 0 Å². The number of hydrogen-bond donors (Lipinski definition) is 1. The van der Waals surface area contributed by atoms with Gasteiger partial charge in [0.15, 0.2) is 5.78 Å². The predicted octanol–water partition coefficient (Wildman–Crippen LogP) is 2.88. The largest absolute Gasteiger partial charge is 0.321 e. The first kappa shape index (κ1) is 10.7. The fourth-order valence-electron chi connectivity index (χ4n) is 2.21. The second kappa shape index (κ2) is 3.81. The number of hydrogen-bond acceptors (Lipinski definition) is 2. The van der Waals surface area contributed by atoms with Crippen molar-refractivity contribution >= 4 is 27.5 Å². The fraction of sp³-hybridized carbons (Fsp3) is 0.0667. The highest BCUT2D eigenvalue weighted by Gasteiger charge is 2.06. The Balaban J connectivity index is 2.50. The van der Waals surface area contributed by atoms with Crippen LogP contribution >= 0.6 is 0 Å². The van der Waals surface area contributed by atoms with E-state index in [4.69, 9.17) is 0 Å². The summed E-state index contributed by atoms with van der Waals surface area (Å²) in [6.45, 7) is 1.51. The molecule has 1 heterocycles. The molecule has 0 fully saturated rings. The monoisotopic (exact) mass is 237 g/mol. The van der Waals surface area contributed by atoms with Crippen LogP contribution in [-0.2, 0) is 0 Å². The van der Waals surface area contributed by atoms with Crippen LogP contribution in [0.25, 0.3) is 21.7 Å². The molecule has 1 aromatic heterocycles. The van der Waals surface area contributed by atoms with Gasteiger partial charge in [0.05, 0.1) is 0 Å². The second-order valence-corrected chi connectivity index (χ2v) is 4.32. The standard InChI is InChI=1S/C15H11NO2/c1-9(17)10-6-7-12-11-4-2-3-5-13(11)15(18)16-14(12)8-10/h2-8H,1H3,(H,16,18). The molecular formula is C15H11NO2. The molecule has 2 aromatic carbocycles. The first-order chi connectivity index (χ1) is 8.66. The van der Waals surface area contributed by atoms with Crippen LogP contribution in [0.1, 0.15) is 17.3 Å². The molecule has 0 spiro atoms. The lowest BCUT2D eigenvalue weighted by atomic mass is 10.0. The molecule has 0 aliphatic rings. The molecule has 18 heavy (non-hydrogen) atoms. The van der Waals surface area contributed by atoms with Gasteiger partial charge in [0, 0.05) is 21.9 Å². The van der Waals surface area contributed by atoms with Crippen LogP contribution in [0.2, 0.25) is 0 Å². The summed E-state index contributed by atoms with van der Waals surface area (Å²) in [5.41, 5.74) is 1.18. The van der Waals surface area contributed by atoms with Gasteiger partial charge in [0.1, 0.15) is 0 Å². The highest BCUT2D eigenvalue weighted by atomic mass is 16.1. The zero-order valence-electron chi connectivity index (χ0n) is 9.86. The maximum Gasteiger partial charge on any atom is 0.256 e. The van der Waals surface area contributed by atoms with E-state index in [1.807, 2.05) is 24.3 Å². The van der Waals surface area contributed by atoms with Crippen LogP contribution < -0.4 is 5.56 Å². The first-order valence-electron chi connectivity index (χ1n) is 5.72. The smallest absolute Gasteiger partial charge is 0.256 e. The maximum atomic E-state index is 11.9. The molecule has 3 heteroatoms. The third-order valence-electron chi connectivity index (χ3n) is 3.14. The van der Waals surface area contributed by atoms with Crippen molar-refractivity contribution in [2.45, 2.75) is 6.92 Å². The van der Waals surface area contributed by atoms with E-state index in [0.717, 1.165) is 10.8 Å². The summed E-state index contributed by atoms with van der Waals surface area (Å²) in [4.78, 5) is 26.1. The van der Waals surface area contributed by atoms with Crippen molar-refractivity contribution in [3.63, 3.8) is 0 Å². The van der Waals surface area contributed by atoms with Gasteiger partial charge in [-0.05, 0) is 24.4 Å². The van der Waals surface area contributed by atoms with Crippen LogP contribution in [0.5, 0.6) is 0 Å². The number of rotatable bonds is 1. The zero-order valence-corrected chi connectivity index (χ0v) is 9.86. The van der Waals surface area contributed by atoms with Crippen molar-refractivity contribution in [3.05, 3.63) is 58.4 Å². The number of Topliss-reactive ketones (excluding diaryl/α,β-unsaturated/α-hetero) is 1. The Morgan fingerprint density at radius 2 is 1.72 bits per heavy atom. The van der Waals surface area contributed by atoms with Crippen LogP contribution in [0.15, 0.2) is 47.3 Å². The van der Waals surface area contributed by atoms with Gasteiger partial charge >= 0.3 is 0 Å². The number of H-pyrrole nitrogens is 1. The molecule has 3 nitrogen and oxygen atoms in total. The van der Waals surface area contributed by atoms with Crippen LogP contribution in [0.4, 0.5) is 0 Å². The first-order valence-corrected chi connectivity index (χ1v) is 5.72. The summed E-state index contributed by atoms with van der Waals surface area (Å²) in [5.74, 6) is -0.00842. The van der Waals surface area contributed by atoms with E-state index in [2.05, 4.69) is 4.98 Å². The summed E-state index contributed by atoms with van der Waals surface area (Å²) in [6, 6.07) is 12.9. The zero-order chi connectivity index (χ0) is 12.7. The number of carbonyl (C=O) groups is 1. The molecule has 0 aliphatic carbocycles. The molecule has 0 atom stereocenters. The fourth-order valence-corrected chi connectivity index (χ4v) is 2.21. The number of aromatic nitrogens is 1. The van der Waals surface area contributed by atoms with Crippen LogP contribution in [0, 0.1) is 0 Å². The number of benzene rings is 2. The molecule has 0 bridgehead atoms. The van der Waals surface area contributed by atoms with Gasteiger partial charge in [0.25, 0.3) is 5.56 Å². The quantitative estimate of drug-likeness (QED) is 0.522. The van der Waals surface area contributed by atoms with Crippen LogP contribution in [0.3, 0.4) is 0 Å². The normalized spacial score (nSPS) is 10.9. The SMILES string of the molecule is CC(=O)c1ccc2c(c1)[nH]c(=O)c1ccccc12. The summed E-state index contributed by atoms with van der Waals surface area (Å²) < 4.78 is 0. The Labute approximate surface area is 103 Å². The lowest BCUT2D eigenvalue weighted by Gasteiger charge is -2.04. The maximum absolute atomic E-state index is 11.9. The molecule has 0 unspecified atom stereocenters. The number of nitrogens with one attached hydrogen (secondary N) is 1. The average Bonchev–Trinajstić information content (AvgIpc) is 2.38. The third-order valence-corrected chi connectivity index (χ3v) is 3.14. The highest BCUT2D eigenvalue weighted by Crippen LogP contribution is 2.21. The molecule has 0 saturated heterocycles. The van der Waals surface area contributed by atoms with Crippen molar-refractivity contribution < 1.29 is 4.79 Å². The van der Waals surface area contributed by atoms with E-state index in [1.54, 1.807) is 18.2 Å². The Morgan fingerprint density at radius 1 is 1.00 bits per heavy atom. The lowest BCUT2D eigenvalue weighted by molar-refractivity contribution is 0.101. The number of fused-ring (bicyclic) bond motifs is 3. The Morgan fingerprint density at radius 3 is 2.44 bits per heavy atom. The van der Waals surface area contributed by atoms with E-state index >= 15 is 0 Å². The van der Waals surface area contributed by atoms with Gasteiger partial charge in [0.2, 0.25) is 0 Å². The van der Waals surface area contributed by atoms with Crippen molar-refractivity contribution in [1.82, 2.24) is 4.98 Å². The molecule has 0 amide bonds. The number of aromatic amines is 1. The van der Waals surface area contributed by atoms with Gasteiger partial charge in [-0.2, -0.15) is 0 Å². The van der Waals surface area contributed by atoms with E-state index < -0.39 is 0 Å². The number of pyridine rings is 1. The Hall–Kier alpha value is -2.42. The van der Waals surface area contributed by atoms with Crippen molar-refractivity contribution in [1.29, 1.82) is 0 Å². The Kier molecular flexibility index (Phi) is 2.27. The predicted molar refractivity (Wildman–Crippen MR) is 72.1 cm³/mol. The molecule has 3 rings (SSSR count). The molecular weight excluding hydrogens is 226 g/mol. The Bertz CT molecular complexity index is 831. The molecule has 0 aliphatic heterocycles. The minimum absolute atomic E-state index is 0.00842. The van der Waals surface area contributed by atoms with Crippen molar-refractivity contribution in [2.75, 3.05) is 0 Å². The van der Waals surface area contributed by atoms with Gasteiger partial charge < -0.3 is 4.98 Å². The van der Waals surface area contributed by atoms with Crippen LogP contribution in [-0.4, -0.2) is 10.8 Å². The molecule has 0 radical (unpaired) electrons. The summed E-state index contributed by atoms with van der Waals surface area (Å²) in [5, 5.41) is 2.53. The van der Waals surface area contributed by atoms with Gasteiger partial charge in [-0.3, -0.25) is 9.59 Å². The molecule has 1 N–H and O–H groups in total. The number of ketones is 1. The molecule has 0 saturated carbocycles. The highest BCUT2D eigenvalue weighted by molar-refractivity contribution is 6.07. The lowest BCUT2D eigenvalue weighted by Crippen LogP contribution is -2.06. The average molecular weight is 237 g/mol. The van der Waals surface area contributed by atoms with E-state index in [0.29, 0.717) is 16.5 Å².